The van der Waals surface area contributed by atoms with Gasteiger partial charge in [0.1, 0.15) is 16.7 Å². The van der Waals surface area contributed by atoms with Crippen LogP contribution in [0.25, 0.3) is 98.6 Å². The lowest BCUT2D eigenvalue weighted by Crippen LogP contribution is -2.08. The Hall–Kier alpha value is -8.02. The minimum absolute atomic E-state index is 0.127. The Morgan fingerprint density at radius 3 is 1.70 bits per heavy atom. The highest BCUT2D eigenvalue weighted by molar-refractivity contribution is 6.22. The normalized spacial score (nSPS) is 15.4. The van der Waals surface area contributed by atoms with Crippen LogP contribution in [0, 0.1) is 5.92 Å². The number of nitrogens with zero attached hydrogens (tertiary/aromatic N) is 3. The van der Waals surface area contributed by atoms with Crippen LogP contribution in [0.3, 0.4) is 0 Å². The highest BCUT2D eigenvalue weighted by atomic mass is 16.3. The van der Waals surface area contributed by atoms with E-state index in [2.05, 4.69) is 162 Å². The van der Waals surface area contributed by atoms with Gasteiger partial charge in [0.15, 0.2) is 11.4 Å². The zero-order valence-electron chi connectivity index (χ0n) is 32.8. The molecule has 5 nitrogen and oxygen atoms in total. The second-order valence-corrected chi connectivity index (χ2v) is 16.5. The first-order chi connectivity index (χ1) is 30.2. The number of hydrogen-bond donors (Lipinski definition) is 0. The molecule has 1 atom stereocenters. The maximum Gasteiger partial charge on any atom is 0.160 e. The molecule has 4 heterocycles. The van der Waals surface area contributed by atoms with E-state index in [-0.39, 0.29) is 5.92 Å². The van der Waals surface area contributed by atoms with Gasteiger partial charge in [-0.25, -0.2) is 9.98 Å². The summed E-state index contributed by atoms with van der Waals surface area (Å²) >= 11 is 0. The van der Waals surface area contributed by atoms with Crippen LogP contribution in [-0.2, 0) is 0 Å². The molecule has 0 bridgehead atoms. The van der Waals surface area contributed by atoms with E-state index in [1.807, 2.05) is 24.3 Å². The molecule has 284 valence electrons. The van der Waals surface area contributed by atoms with E-state index < -0.39 is 0 Å². The van der Waals surface area contributed by atoms with Gasteiger partial charge in [0.2, 0.25) is 0 Å². The molecule has 0 amide bonds. The number of aliphatic imine (C=N–C) groups is 2. The third-order valence-corrected chi connectivity index (χ3v) is 12.9. The highest BCUT2D eigenvalue weighted by Crippen LogP contribution is 2.50. The van der Waals surface area contributed by atoms with E-state index in [1.54, 1.807) is 0 Å². The zero-order valence-corrected chi connectivity index (χ0v) is 32.8. The average molecular weight is 780 g/mol. The standard InChI is InChI=1S/C56H33N3O2/c1-2-12-32(13-3-1)56-57-53(37-22-23-52-43(26-37)39-18-8-10-20-50(39)60-52)44-31-45(44)54(58-56)38-27-46-40-19-9-11-21-51(40)61-55(46)49(30-38)59-47-28-35-16-6-4-14-33(35)24-41(47)42-25-34-15-5-7-17-36(34)29-48(42)59/h1-30,44H,31H2/t44-/m0/s1. The summed E-state index contributed by atoms with van der Waals surface area (Å²) in [6.45, 7) is 0. The van der Waals surface area contributed by atoms with Crippen LogP contribution in [-0.4, -0.2) is 16.1 Å². The van der Waals surface area contributed by atoms with Crippen molar-refractivity contribution in [3.8, 4) is 5.69 Å². The first-order valence-corrected chi connectivity index (χ1v) is 20.9. The number of allylic oxidation sites excluding steroid dienone is 1. The molecule has 1 saturated carbocycles. The topological polar surface area (TPSA) is 55.9 Å². The molecule has 3 aromatic heterocycles. The SMILES string of the molecule is c1ccc(C2=NC(c3cc(-n4c5cc6ccccc6cc5c5cc6ccccc6cc54)c4oc5ccccc5c4c3)=C3C[C@@H]3C(c3ccc4oc5ccccc5c4c3)=N2)cc1. The lowest BCUT2D eigenvalue weighted by Gasteiger charge is -2.13. The number of aromatic nitrogens is 1. The maximum absolute atomic E-state index is 6.91. The molecule has 0 N–H and O–H groups in total. The van der Waals surface area contributed by atoms with Gasteiger partial charge in [-0.3, -0.25) is 0 Å². The fourth-order valence-corrected chi connectivity index (χ4v) is 9.96. The van der Waals surface area contributed by atoms with Crippen molar-refractivity contribution in [2.75, 3.05) is 0 Å². The predicted octanol–water partition coefficient (Wildman–Crippen LogP) is 14.6. The number of hydrogen-bond acceptors (Lipinski definition) is 4. The Bertz CT molecular complexity index is 3880. The molecule has 1 aliphatic carbocycles. The highest BCUT2D eigenvalue weighted by Gasteiger charge is 2.41. The minimum atomic E-state index is 0.127. The summed E-state index contributed by atoms with van der Waals surface area (Å²) in [5, 5.41) is 11.6. The Kier molecular flexibility index (Phi) is 6.61. The smallest absolute Gasteiger partial charge is 0.160 e. The number of para-hydroxylation sites is 2. The molecule has 14 rings (SSSR count). The Morgan fingerprint density at radius 1 is 0.426 bits per heavy atom. The van der Waals surface area contributed by atoms with Gasteiger partial charge in [0.25, 0.3) is 0 Å². The molecule has 61 heavy (non-hydrogen) atoms. The van der Waals surface area contributed by atoms with E-state index >= 15 is 0 Å². The van der Waals surface area contributed by atoms with Crippen molar-refractivity contribution < 1.29 is 8.83 Å². The molecule has 5 heteroatoms. The Balaban J connectivity index is 1.05. The summed E-state index contributed by atoms with van der Waals surface area (Å²) < 4.78 is 15.6. The molecule has 0 radical (unpaired) electrons. The van der Waals surface area contributed by atoms with Crippen LogP contribution >= 0.6 is 0 Å². The Labute approximate surface area is 348 Å². The molecule has 1 aliphatic heterocycles. The van der Waals surface area contributed by atoms with Crippen LogP contribution in [0.1, 0.15) is 23.1 Å². The fourth-order valence-electron chi connectivity index (χ4n) is 9.96. The van der Waals surface area contributed by atoms with Crippen molar-refractivity contribution in [2.24, 2.45) is 15.9 Å². The number of furan rings is 2. The van der Waals surface area contributed by atoms with Crippen LogP contribution < -0.4 is 0 Å². The first-order valence-electron chi connectivity index (χ1n) is 20.9. The molecule has 1 fully saturated rings. The monoisotopic (exact) mass is 779 g/mol. The van der Waals surface area contributed by atoms with E-state index in [1.165, 1.54) is 37.9 Å². The van der Waals surface area contributed by atoms with Gasteiger partial charge >= 0.3 is 0 Å². The van der Waals surface area contributed by atoms with Crippen molar-refractivity contribution in [3.63, 3.8) is 0 Å². The predicted molar refractivity (Wildman–Crippen MR) is 251 cm³/mol. The number of amidine groups is 1. The molecule has 2 aliphatic rings. The van der Waals surface area contributed by atoms with E-state index in [0.29, 0.717) is 5.84 Å². The third kappa shape index (κ3) is 4.89. The second-order valence-electron chi connectivity index (χ2n) is 16.5. The first kappa shape index (κ1) is 32.9. The number of rotatable bonds is 4. The molecule has 12 aromatic rings. The molecule has 9 aromatic carbocycles. The van der Waals surface area contributed by atoms with Gasteiger partial charge in [-0.15, -0.1) is 0 Å². The van der Waals surface area contributed by atoms with E-state index in [0.717, 1.165) is 95.1 Å². The van der Waals surface area contributed by atoms with Crippen molar-refractivity contribution in [1.82, 2.24) is 4.57 Å². The summed E-state index contributed by atoms with van der Waals surface area (Å²) in [5.41, 5.74) is 13.1. The van der Waals surface area contributed by atoms with Crippen LogP contribution in [0.5, 0.6) is 0 Å². The number of fused-ring (bicyclic) bond motifs is 12. The summed E-state index contributed by atoms with van der Waals surface area (Å²) in [5.74, 6) is 0.831. The summed E-state index contributed by atoms with van der Waals surface area (Å²) in [4.78, 5) is 11.0. The molecule has 0 unspecified atom stereocenters. The molecule has 0 saturated heterocycles. The van der Waals surface area contributed by atoms with Crippen molar-refractivity contribution in [3.05, 3.63) is 204 Å². The van der Waals surface area contributed by atoms with E-state index in [4.69, 9.17) is 18.8 Å². The average Bonchev–Trinajstić information content (AvgIpc) is 3.79. The summed E-state index contributed by atoms with van der Waals surface area (Å²) in [7, 11) is 0. The largest absolute Gasteiger partial charge is 0.456 e. The number of benzene rings is 9. The lowest BCUT2D eigenvalue weighted by molar-refractivity contribution is 0.666. The van der Waals surface area contributed by atoms with Crippen molar-refractivity contribution in [2.45, 2.75) is 6.42 Å². The van der Waals surface area contributed by atoms with Crippen molar-refractivity contribution >= 4 is 104 Å². The zero-order chi connectivity index (χ0) is 39.8. The van der Waals surface area contributed by atoms with Crippen molar-refractivity contribution in [1.29, 1.82) is 0 Å². The maximum atomic E-state index is 6.91. The molecular formula is C56H33N3O2. The molecular weight excluding hydrogens is 747 g/mol. The minimum Gasteiger partial charge on any atom is -0.456 e. The second kappa shape index (κ2) is 12.3. The van der Waals surface area contributed by atoms with Gasteiger partial charge in [-0.2, -0.15) is 0 Å². The Morgan fingerprint density at radius 2 is 1.00 bits per heavy atom. The van der Waals surface area contributed by atoms with Crippen LogP contribution in [0.15, 0.2) is 206 Å². The van der Waals surface area contributed by atoms with Crippen LogP contribution in [0.4, 0.5) is 0 Å². The van der Waals surface area contributed by atoms with E-state index in [9.17, 15) is 0 Å². The molecule has 0 spiro atoms. The van der Waals surface area contributed by atoms with Gasteiger partial charge in [0.05, 0.1) is 28.1 Å². The quantitative estimate of drug-likeness (QED) is 0.179. The van der Waals surface area contributed by atoms with Crippen LogP contribution in [0.2, 0.25) is 0 Å². The van der Waals surface area contributed by atoms with Gasteiger partial charge < -0.3 is 13.4 Å². The van der Waals surface area contributed by atoms with Gasteiger partial charge in [-0.1, -0.05) is 115 Å². The summed E-state index contributed by atoms with van der Waals surface area (Å²) in [6.07, 6.45) is 0.886. The fraction of sp³-hybridized carbons (Fsp3) is 0.0357. The van der Waals surface area contributed by atoms with Gasteiger partial charge in [0, 0.05) is 49.4 Å². The van der Waals surface area contributed by atoms with Gasteiger partial charge in [-0.05, 0) is 106 Å². The third-order valence-electron chi connectivity index (χ3n) is 12.9. The lowest BCUT2D eigenvalue weighted by atomic mass is 10.0. The summed E-state index contributed by atoms with van der Waals surface area (Å²) in [6, 6.07) is 64.8.